The number of aromatic nitrogens is 2. The largest absolute Gasteiger partial charge is 0.379 e. The summed E-state index contributed by atoms with van der Waals surface area (Å²) in [6, 6.07) is 8.54. The van der Waals surface area contributed by atoms with E-state index in [1.165, 1.54) is 16.9 Å². The molecule has 0 radical (unpaired) electrons. The number of para-hydroxylation sites is 1. The summed E-state index contributed by atoms with van der Waals surface area (Å²) in [5, 5.41) is 3.56. The quantitative estimate of drug-likeness (QED) is 0.883. The third-order valence-corrected chi connectivity index (χ3v) is 3.46. The molecule has 2 rings (SSSR count). The summed E-state index contributed by atoms with van der Waals surface area (Å²) < 4.78 is 2.21. The van der Waals surface area contributed by atoms with Crippen molar-refractivity contribution in [2.45, 2.75) is 52.6 Å². The first-order valence-corrected chi connectivity index (χ1v) is 7.34. The molecule has 1 N–H and O–H groups in total. The first-order valence-electron chi connectivity index (χ1n) is 7.34. The maximum atomic E-state index is 4.25. The van der Waals surface area contributed by atoms with E-state index in [1.807, 2.05) is 12.5 Å². The molecule has 0 fully saturated rings. The van der Waals surface area contributed by atoms with Crippen LogP contribution in [0.5, 0.6) is 0 Å². The predicted molar refractivity (Wildman–Crippen MR) is 85.0 cm³/mol. The smallest absolute Gasteiger partial charge is 0.0948 e. The van der Waals surface area contributed by atoms with Crippen molar-refractivity contribution >= 4 is 5.69 Å². The Morgan fingerprint density at radius 1 is 1.20 bits per heavy atom. The van der Waals surface area contributed by atoms with Crippen molar-refractivity contribution in [3.05, 3.63) is 48.0 Å². The summed E-state index contributed by atoms with van der Waals surface area (Å²) in [5.74, 6) is 0. The Morgan fingerprint density at radius 2 is 1.95 bits per heavy atom. The highest BCUT2D eigenvalue weighted by Gasteiger charge is 2.17. The van der Waals surface area contributed by atoms with Gasteiger partial charge in [-0.1, -0.05) is 45.9 Å². The summed E-state index contributed by atoms with van der Waals surface area (Å²) >= 11 is 0. The average Bonchev–Trinajstić information content (AvgIpc) is 2.83. The number of rotatable bonds is 5. The zero-order valence-electron chi connectivity index (χ0n) is 13.0. The summed E-state index contributed by atoms with van der Waals surface area (Å²) in [7, 11) is 0. The van der Waals surface area contributed by atoms with Crippen LogP contribution >= 0.6 is 0 Å². The minimum absolute atomic E-state index is 0.146. The summed E-state index contributed by atoms with van der Waals surface area (Å²) in [4.78, 5) is 4.25. The Kier molecular flexibility index (Phi) is 4.48. The molecule has 1 aromatic heterocycles. The lowest BCUT2D eigenvalue weighted by molar-refractivity contribution is 0.591. The lowest BCUT2D eigenvalue weighted by atomic mass is 9.86. The minimum atomic E-state index is 0.146. The van der Waals surface area contributed by atoms with Gasteiger partial charge in [0.2, 0.25) is 0 Å². The van der Waals surface area contributed by atoms with Gasteiger partial charge in [0.05, 0.1) is 18.6 Å². The van der Waals surface area contributed by atoms with E-state index in [-0.39, 0.29) is 5.41 Å². The molecule has 0 aliphatic heterocycles. The average molecular weight is 271 g/mol. The van der Waals surface area contributed by atoms with Crippen molar-refractivity contribution in [3.8, 4) is 0 Å². The maximum Gasteiger partial charge on any atom is 0.0948 e. The van der Waals surface area contributed by atoms with E-state index >= 15 is 0 Å². The molecule has 1 heterocycles. The van der Waals surface area contributed by atoms with Gasteiger partial charge in [-0.15, -0.1) is 0 Å². The van der Waals surface area contributed by atoms with E-state index in [0.29, 0.717) is 0 Å². The predicted octanol–water partition coefficient (Wildman–Crippen LogP) is 4.20. The van der Waals surface area contributed by atoms with Gasteiger partial charge in [0, 0.05) is 18.4 Å². The normalized spacial score (nSPS) is 11.6. The van der Waals surface area contributed by atoms with E-state index < -0.39 is 0 Å². The van der Waals surface area contributed by atoms with Gasteiger partial charge >= 0.3 is 0 Å². The van der Waals surface area contributed by atoms with Gasteiger partial charge in [0.15, 0.2) is 0 Å². The highest BCUT2D eigenvalue weighted by atomic mass is 15.1. The first kappa shape index (κ1) is 14.6. The molecule has 3 heteroatoms. The minimum Gasteiger partial charge on any atom is -0.379 e. The van der Waals surface area contributed by atoms with Crippen LogP contribution in [-0.2, 0) is 18.5 Å². The van der Waals surface area contributed by atoms with Crippen LogP contribution < -0.4 is 5.32 Å². The van der Waals surface area contributed by atoms with Gasteiger partial charge in [-0.3, -0.25) is 0 Å². The molecule has 0 amide bonds. The van der Waals surface area contributed by atoms with E-state index in [0.717, 1.165) is 19.5 Å². The third-order valence-electron chi connectivity index (χ3n) is 3.46. The molecule has 0 saturated carbocycles. The van der Waals surface area contributed by atoms with Gasteiger partial charge in [-0.25, -0.2) is 4.98 Å². The number of anilines is 1. The topological polar surface area (TPSA) is 29.9 Å². The van der Waals surface area contributed by atoms with E-state index in [4.69, 9.17) is 0 Å². The van der Waals surface area contributed by atoms with Crippen LogP contribution in [0.2, 0.25) is 0 Å². The molecule has 3 nitrogen and oxygen atoms in total. The van der Waals surface area contributed by atoms with Crippen LogP contribution in [0.3, 0.4) is 0 Å². The fourth-order valence-corrected chi connectivity index (χ4v) is 2.41. The van der Waals surface area contributed by atoms with Gasteiger partial charge in [-0.05, 0) is 23.5 Å². The number of aryl methyl sites for hydroxylation is 1. The van der Waals surface area contributed by atoms with Crippen LogP contribution in [0, 0.1) is 0 Å². The number of nitrogens with one attached hydrogen (secondary N) is 1. The Hall–Kier alpha value is -1.77. The summed E-state index contributed by atoms with van der Waals surface area (Å²) in [6.07, 6.45) is 4.99. The van der Waals surface area contributed by atoms with Gasteiger partial charge in [-0.2, -0.15) is 0 Å². The zero-order valence-corrected chi connectivity index (χ0v) is 13.0. The maximum absolute atomic E-state index is 4.25. The van der Waals surface area contributed by atoms with E-state index in [2.05, 4.69) is 66.8 Å². The second kappa shape index (κ2) is 6.12. The zero-order chi connectivity index (χ0) is 14.6. The number of hydrogen-bond acceptors (Lipinski definition) is 2. The molecule has 1 aromatic carbocycles. The highest BCUT2D eigenvalue weighted by molar-refractivity contribution is 5.54. The molecule has 20 heavy (non-hydrogen) atoms. The van der Waals surface area contributed by atoms with Crippen molar-refractivity contribution in [2.24, 2.45) is 0 Å². The number of hydrogen-bond donors (Lipinski definition) is 1. The van der Waals surface area contributed by atoms with Crippen molar-refractivity contribution in [3.63, 3.8) is 0 Å². The van der Waals surface area contributed by atoms with Crippen LogP contribution in [0.25, 0.3) is 0 Å². The second-order valence-electron chi connectivity index (χ2n) is 6.23. The van der Waals surface area contributed by atoms with Gasteiger partial charge in [0.1, 0.15) is 0 Å². The number of nitrogens with zero attached hydrogens (tertiary/aromatic N) is 2. The Balaban J connectivity index is 2.13. The van der Waals surface area contributed by atoms with Gasteiger partial charge in [0.25, 0.3) is 0 Å². The molecule has 0 bridgehead atoms. The second-order valence-corrected chi connectivity index (χ2v) is 6.23. The van der Waals surface area contributed by atoms with Crippen molar-refractivity contribution in [1.29, 1.82) is 0 Å². The lowest BCUT2D eigenvalue weighted by Gasteiger charge is -2.23. The first-order chi connectivity index (χ1) is 9.52. The molecule has 0 saturated heterocycles. The van der Waals surface area contributed by atoms with Crippen molar-refractivity contribution in [2.75, 3.05) is 5.32 Å². The van der Waals surface area contributed by atoms with Crippen LogP contribution in [0.1, 0.15) is 45.4 Å². The molecule has 108 valence electrons. The fraction of sp³-hybridized carbons (Fsp3) is 0.471. The number of imidazole rings is 1. The summed E-state index contributed by atoms with van der Waals surface area (Å²) in [5.41, 5.74) is 3.94. The summed E-state index contributed by atoms with van der Waals surface area (Å²) in [6.45, 7) is 10.8. The van der Waals surface area contributed by atoms with E-state index in [9.17, 15) is 0 Å². The van der Waals surface area contributed by atoms with Gasteiger partial charge < -0.3 is 9.88 Å². The molecule has 0 aliphatic rings. The SMILES string of the molecule is CCCn1cncc1CNc1ccccc1C(C)(C)C. The Morgan fingerprint density at radius 3 is 2.65 bits per heavy atom. The monoisotopic (exact) mass is 271 g/mol. The van der Waals surface area contributed by atoms with Crippen LogP contribution in [0.4, 0.5) is 5.69 Å². The van der Waals surface area contributed by atoms with Crippen LogP contribution in [-0.4, -0.2) is 9.55 Å². The van der Waals surface area contributed by atoms with Crippen molar-refractivity contribution < 1.29 is 0 Å². The Labute approximate surface area is 122 Å². The third kappa shape index (κ3) is 3.41. The molecular formula is C17H25N3. The number of benzene rings is 1. The standard InChI is InChI=1S/C17H25N3/c1-5-10-20-13-18-11-14(20)12-19-16-9-7-6-8-15(16)17(2,3)4/h6-9,11,13,19H,5,10,12H2,1-4H3. The van der Waals surface area contributed by atoms with Crippen molar-refractivity contribution in [1.82, 2.24) is 9.55 Å². The highest BCUT2D eigenvalue weighted by Crippen LogP contribution is 2.29. The molecule has 0 atom stereocenters. The van der Waals surface area contributed by atoms with Crippen LogP contribution in [0.15, 0.2) is 36.8 Å². The molecule has 0 spiro atoms. The Bertz CT molecular complexity index is 549. The molecule has 2 aromatic rings. The molecule has 0 unspecified atom stereocenters. The molecular weight excluding hydrogens is 246 g/mol. The fourth-order valence-electron chi connectivity index (χ4n) is 2.41. The lowest BCUT2D eigenvalue weighted by Crippen LogP contribution is -2.15. The molecule has 0 aliphatic carbocycles. The van der Waals surface area contributed by atoms with E-state index in [1.54, 1.807) is 0 Å².